The number of ether oxygens (including phenoxy) is 1. The summed E-state index contributed by atoms with van der Waals surface area (Å²) >= 11 is 3.69. The Balaban J connectivity index is 1.58. The first-order valence-electron chi connectivity index (χ1n) is 7.65. The molecule has 0 aromatic heterocycles. The first-order chi connectivity index (χ1) is 10.8. The summed E-state index contributed by atoms with van der Waals surface area (Å²) in [5.41, 5.74) is 4.38. The van der Waals surface area contributed by atoms with Crippen LogP contribution in [-0.2, 0) is 0 Å². The minimum atomic E-state index is 0.207. The van der Waals surface area contributed by atoms with Crippen molar-refractivity contribution >= 4 is 34.4 Å². The average molecular weight is 333 g/mol. The van der Waals surface area contributed by atoms with Crippen molar-refractivity contribution in [2.45, 2.75) is 37.0 Å². The molecular formula is C16H19N3OS2. The van der Waals surface area contributed by atoms with E-state index in [0.717, 1.165) is 16.6 Å². The number of rotatable bonds is 2. The molecule has 4 nitrogen and oxygen atoms in total. The lowest BCUT2D eigenvalue weighted by atomic mass is 9.94. The second kappa shape index (κ2) is 5.74. The molecule has 0 bridgehead atoms. The van der Waals surface area contributed by atoms with Gasteiger partial charge in [-0.2, -0.15) is 0 Å². The highest BCUT2D eigenvalue weighted by Gasteiger charge is 2.47. The van der Waals surface area contributed by atoms with Crippen molar-refractivity contribution < 1.29 is 4.74 Å². The van der Waals surface area contributed by atoms with Crippen LogP contribution in [0.1, 0.15) is 32.1 Å². The highest BCUT2D eigenvalue weighted by Crippen LogP contribution is 2.53. The third-order valence-corrected chi connectivity index (χ3v) is 6.76. The molecule has 0 amide bonds. The van der Waals surface area contributed by atoms with Crippen molar-refractivity contribution in [3.8, 4) is 5.75 Å². The van der Waals surface area contributed by atoms with E-state index in [1.54, 1.807) is 18.9 Å². The Morgan fingerprint density at radius 3 is 2.86 bits per heavy atom. The van der Waals surface area contributed by atoms with Gasteiger partial charge in [0.05, 0.1) is 7.11 Å². The van der Waals surface area contributed by atoms with Crippen LogP contribution in [0.3, 0.4) is 0 Å². The van der Waals surface area contributed by atoms with E-state index in [4.69, 9.17) is 9.73 Å². The van der Waals surface area contributed by atoms with Crippen LogP contribution in [0.25, 0.3) is 0 Å². The molecule has 1 saturated carbocycles. The number of hydrazine groups is 1. The van der Waals surface area contributed by atoms with Crippen molar-refractivity contribution in [2.75, 3.05) is 7.11 Å². The second-order valence-corrected chi connectivity index (χ2v) is 7.96. The number of nitrogens with one attached hydrogen (secondary N) is 1. The maximum atomic E-state index is 5.38. The van der Waals surface area contributed by atoms with Crippen molar-refractivity contribution in [3.05, 3.63) is 34.7 Å². The van der Waals surface area contributed by atoms with Gasteiger partial charge in [-0.3, -0.25) is 10.4 Å². The van der Waals surface area contributed by atoms with E-state index in [0.29, 0.717) is 0 Å². The van der Waals surface area contributed by atoms with Gasteiger partial charge in [-0.25, -0.2) is 4.99 Å². The van der Waals surface area contributed by atoms with Crippen LogP contribution in [0.5, 0.6) is 5.75 Å². The number of aliphatic imine (C=N–C) groups is 1. The first kappa shape index (κ1) is 14.3. The molecule has 1 aromatic carbocycles. The Kier molecular flexibility index (Phi) is 3.74. The number of para-hydroxylation sites is 2. The molecular weight excluding hydrogens is 314 g/mol. The smallest absolute Gasteiger partial charge is 0.187 e. The number of fused-ring (bicyclic) bond motifs is 2. The van der Waals surface area contributed by atoms with Gasteiger partial charge >= 0.3 is 0 Å². The Morgan fingerprint density at radius 1 is 1.23 bits per heavy atom. The van der Waals surface area contributed by atoms with E-state index in [2.05, 4.69) is 15.8 Å². The first-order valence-corrected chi connectivity index (χ1v) is 9.35. The summed E-state index contributed by atoms with van der Waals surface area (Å²) in [6.07, 6.45) is 6.48. The Bertz CT molecular complexity index is 638. The summed E-state index contributed by atoms with van der Waals surface area (Å²) in [5, 5.41) is 6.84. The summed E-state index contributed by atoms with van der Waals surface area (Å²) in [6, 6.07) is 7.88. The number of amidine groups is 1. The van der Waals surface area contributed by atoms with Gasteiger partial charge in [0.15, 0.2) is 5.17 Å². The lowest BCUT2D eigenvalue weighted by Crippen LogP contribution is -2.48. The third kappa shape index (κ3) is 2.38. The number of nitrogens with zero attached hydrogens (tertiary/aromatic N) is 2. The standard InChI is InChI=1S/C16H19N3OS2/c1-20-13-8-4-3-7-12(13)17-15-18-19-14(22-15)11-21-16(19)9-5-2-6-10-16/h3-4,7-8,11H,2,5-6,9-10H2,1H3,(H,17,18). The van der Waals surface area contributed by atoms with Gasteiger partial charge in [0.2, 0.25) is 0 Å². The highest BCUT2D eigenvalue weighted by molar-refractivity contribution is 8.18. The van der Waals surface area contributed by atoms with Crippen LogP contribution in [0.4, 0.5) is 5.69 Å². The zero-order chi connectivity index (χ0) is 15.0. The molecule has 4 rings (SSSR count). The number of hydrogen-bond acceptors (Lipinski definition) is 5. The van der Waals surface area contributed by atoms with Gasteiger partial charge in [-0.15, -0.1) is 11.8 Å². The molecule has 1 spiro atoms. The molecule has 0 radical (unpaired) electrons. The summed E-state index contributed by atoms with van der Waals surface area (Å²) in [7, 11) is 1.68. The molecule has 1 aromatic rings. The summed E-state index contributed by atoms with van der Waals surface area (Å²) in [4.78, 5) is 4.95. The fourth-order valence-electron chi connectivity index (χ4n) is 3.24. The molecule has 116 valence electrons. The van der Waals surface area contributed by atoms with Gasteiger partial charge in [0, 0.05) is 5.41 Å². The molecule has 22 heavy (non-hydrogen) atoms. The van der Waals surface area contributed by atoms with Crippen molar-refractivity contribution in [1.82, 2.24) is 10.4 Å². The van der Waals surface area contributed by atoms with E-state index in [1.807, 2.05) is 36.0 Å². The SMILES string of the molecule is COc1ccccc1N=C1NN2C(=CSC23CCCCC3)S1. The third-order valence-electron chi connectivity index (χ3n) is 4.36. The van der Waals surface area contributed by atoms with E-state index in [9.17, 15) is 0 Å². The second-order valence-electron chi connectivity index (χ2n) is 5.72. The lowest BCUT2D eigenvalue weighted by molar-refractivity contribution is 0.164. The Morgan fingerprint density at radius 2 is 2.05 bits per heavy atom. The molecule has 1 aliphatic carbocycles. The van der Waals surface area contributed by atoms with E-state index in [-0.39, 0.29) is 4.87 Å². The predicted molar refractivity (Wildman–Crippen MR) is 94.1 cm³/mol. The van der Waals surface area contributed by atoms with E-state index < -0.39 is 0 Å². The van der Waals surface area contributed by atoms with Crippen LogP contribution in [0, 0.1) is 0 Å². The van der Waals surface area contributed by atoms with Crippen LogP contribution in [0.15, 0.2) is 39.7 Å². The number of benzene rings is 1. The summed E-state index contributed by atoms with van der Waals surface area (Å²) in [6.45, 7) is 0. The van der Waals surface area contributed by atoms with Gasteiger partial charge in [-0.1, -0.05) is 31.4 Å². The molecule has 2 fully saturated rings. The molecule has 0 atom stereocenters. The zero-order valence-corrected chi connectivity index (χ0v) is 14.2. The Labute approximate surface area is 139 Å². The molecule has 1 N–H and O–H groups in total. The highest BCUT2D eigenvalue weighted by atomic mass is 32.2. The molecule has 1 saturated heterocycles. The molecule has 3 aliphatic rings. The van der Waals surface area contributed by atoms with Gasteiger partial charge in [-0.05, 0) is 36.7 Å². The zero-order valence-electron chi connectivity index (χ0n) is 12.5. The van der Waals surface area contributed by atoms with E-state index in [1.165, 1.54) is 37.1 Å². The van der Waals surface area contributed by atoms with Crippen molar-refractivity contribution in [1.29, 1.82) is 0 Å². The monoisotopic (exact) mass is 333 g/mol. The largest absolute Gasteiger partial charge is 0.494 e. The van der Waals surface area contributed by atoms with Crippen molar-refractivity contribution in [3.63, 3.8) is 0 Å². The van der Waals surface area contributed by atoms with Crippen LogP contribution in [-0.4, -0.2) is 22.2 Å². The predicted octanol–water partition coefficient (Wildman–Crippen LogP) is 4.44. The van der Waals surface area contributed by atoms with Crippen LogP contribution < -0.4 is 10.2 Å². The van der Waals surface area contributed by atoms with Crippen LogP contribution in [0.2, 0.25) is 0 Å². The van der Waals surface area contributed by atoms with E-state index >= 15 is 0 Å². The Hall–Kier alpha value is -1.27. The number of methoxy groups -OCH3 is 1. The molecule has 6 heteroatoms. The minimum Gasteiger partial charge on any atom is -0.494 e. The fourth-order valence-corrected chi connectivity index (χ4v) is 5.62. The average Bonchev–Trinajstić information content (AvgIpc) is 3.10. The maximum Gasteiger partial charge on any atom is 0.187 e. The van der Waals surface area contributed by atoms with Gasteiger partial charge in [0.25, 0.3) is 0 Å². The van der Waals surface area contributed by atoms with Crippen molar-refractivity contribution in [2.24, 2.45) is 4.99 Å². The normalized spacial score (nSPS) is 24.3. The number of thioether (sulfide) groups is 2. The van der Waals surface area contributed by atoms with Gasteiger partial charge in [0.1, 0.15) is 21.3 Å². The summed E-state index contributed by atoms with van der Waals surface area (Å²) in [5.74, 6) is 0.806. The quantitative estimate of drug-likeness (QED) is 0.866. The molecule has 0 unspecified atom stereocenters. The van der Waals surface area contributed by atoms with Crippen LogP contribution >= 0.6 is 23.5 Å². The lowest BCUT2D eigenvalue weighted by Gasteiger charge is -2.40. The maximum absolute atomic E-state index is 5.38. The molecule has 2 heterocycles. The topological polar surface area (TPSA) is 36.9 Å². The molecule has 2 aliphatic heterocycles. The summed E-state index contributed by atoms with van der Waals surface area (Å²) < 4.78 is 5.38. The minimum absolute atomic E-state index is 0.207. The fraction of sp³-hybridized carbons (Fsp3) is 0.438. The number of hydrogen-bond donors (Lipinski definition) is 1. The van der Waals surface area contributed by atoms with Gasteiger partial charge < -0.3 is 4.74 Å².